The number of rotatable bonds is 8. The Kier molecular flexibility index (Phi) is 6.91. The first-order valence-corrected chi connectivity index (χ1v) is 11.9. The number of aliphatic carboxylic acids is 1. The minimum atomic E-state index is -1.02. The van der Waals surface area contributed by atoms with Crippen molar-refractivity contribution in [1.82, 2.24) is 10.6 Å². The van der Waals surface area contributed by atoms with E-state index in [1.165, 1.54) is 11.1 Å². The minimum absolute atomic E-state index is 0.000826. The highest BCUT2D eigenvalue weighted by molar-refractivity contribution is 5.80. The Hall–Kier alpha value is -3.35. The minimum Gasteiger partial charge on any atom is -0.481 e. The standard InChI is InChI=1S/C27H32N2O5/c1-27(2,25(31)32)16-28-24(30)14-17-8-7-13-23(17)29-26(33)34-15-22-20-11-5-3-9-18(20)19-10-4-6-12-21(19)22/h3-6,9-12,17,22-23H,7-8,13-16H2,1-2H3,(H,28,30)(H,29,33)(H,31,32). The molecule has 2 aromatic carbocycles. The lowest BCUT2D eigenvalue weighted by atomic mass is 9.93. The van der Waals surface area contributed by atoms with E-state index in [2.05, 4.69) is 34.9 Å². The van der Waals surface area contributed by atoms with E-state index >= 15 is 0 Å². The van der Waals surface area contributed by atoms with E-state index in [1.54, 1.807) is 13.8 Å². The van der Waals surface area contributed by atoms with Crippen LogP contribution in [-0.2, 0) is 14.3 Å². The van der Waals surface area contributed by atoms with Gasteiger partial charge in [0.1, 0.15) is 6.61 Å². The summed E-state index contributed by atoms with van der Waals surface area (Å²) in [4.78, 5) is 36.3. The lowest BCUT2D eigenvalue weighted by molar-refractivity contribution is -0.146. The number of nitrogens with one attached hydrogen (secondary N) is 2. The van der Waals surface area contributed by atoms with Gasteiger partial charge in [-0.3, -0.25) is 9.59 Å². The van der Waals surface area contributed by atoms with E-state index < -0.39 is 17.5 Å². The van der Waals surface area contributed by atoms with Crippen LogP contribution in [-0.4, -0.2) is 42.3 Å². The van der Waals surface area contributed by atoms with E-state index in [0.717, 1.165) is 30.4 Å². The Labute approximate surface area is 199 Å². The normalized spacial score (nSPS) is 19.2. The van der Waals surface area contributed by atoms with Crippen molar-refractivity contribution >= 4 is 18.0 Å². The van der Waals surface area contributed by atoms with Gasteiger partial charge in [-0.1, -0.05) is 55.0 Å². The van der Waals surface area contributed by atoms with Gasteiger partial charge in [-0.2, -0.15) is 0 Å². The lowest BCUT2D eigenvalue weighted by Gasteiger charge is -2.23. The molecular weight excluding hydrogens is 432 g/mol. The summed E-state index contributed by atoms with van der Waals surface area (Å²) in [6, 6.07) is 16.3. The van der Waals surface area contributed by atoms with Crippen molar-refractivity contribution in [2.45, 2.75) is 51.5 Å². The number of alkyl carbamates (subject to hydrolysis) is 1. The molecule has 0 heterocycles. The fourth-order valence-corrected chi connectivity index (χ4v) is 4.97. The van der Waals surface area contributed by atoms with Gasteiger partial charge in [0.05, 0.1) is 5.41 Å². The van der Waals surface area contributed by atoms with Gasteiger partial charge in [0, 0.05) is 24.9 Å². The van der Waals surface area contributed by atoms with Crippen molar-refractivity contribution in [1.29, 1.82) is 0 Å². The van der Waals surface area contributed by atoms with Crippen molar-refractivity contribution in [3.8, 4) is 11.1 Å². The summed E-state index contributed by atoms with van der Waals surface area (Å²) in [7, 11) is 0. The summed E-state index contributed by atoms with van der Waals surface area (Å²) in [6.45, 7) is 3.47. The summed E-state index contributed by atoms with van der Waals surface area (Å²) < 4.78 is 5.66. The Bertz CT molecular complexity index is 1030. The smallest absolute Gasteiger partial charge is 0.407 e. The number of carbonyl (C=O) groups excluding carboxylic acids is 2. The maximum Gasteiger partial charge on any atom is 0.407 e. The number of ether oxygens (including phenoxy) is 1. The van der Waals surface area contributed by atoms with Gasteiger partial charge in [0.25, 0.3) is 0 Å². The molecule has 0 bridgehead atoms. The molecule has 3 N–H and O–H groups in total. The Morgan fingerprint density at radius 2 is 1.62 bits per heavy atom. The molecule has 180 valence electrons. The summed E-state index contributed by atoms with van der Waals surface area (Å²) in [5.74, 6) is -1.14. The summed E-state index contributed by atoms with van der Waals surface area (Å²) in [6.07, 6.45) is 2.34. The number of fused-ring (bicyclic) bond motifs is 3. The number of hydrogen-bond acceptors (Lipinski definition) is 4. The Morgan fingerprint density at radius 1 is 1.00 bits per heavy atom. The van der Waals surface area contributed by atoms with Gasteiger partial charge < -0.3 is 20.5 Å². The van der Waals surface area contributed by atoms with Crippen LogP contribution < -0.4 is 10.6 Å². The van der Waals surface area contributed by atoms with Gasteiger partial charge in [-0.05, 0) is 54.9 Å². The van der Waals surface area contributed by atoms with Gasteiger partial charge in [-0.15, -0.1) is 0 Å². The zero-order chi connectivity index (χ0) is 24.3. The highest BCUT2D eigenvalue weighted by Crippen LogP contribution is 2.44. The number of amides is 2. The predicted molar refractivity (Wildman–Crippen MR) is 128 cm³/mol. The number of carboxylic acids is 1. The number of carbonyl (C=O) groups is 3. The first kappa shape index (κ1) is 23.8. The monoisotopic (exact) mass is 464 g/mol. The van der Waals surface area contributed by atoms with Crippen molar-refractivity contribution in [3.05, 3.63) is 59.7 Å². The van der Waals surface area contributed by atoms with Crippen LogP contribution in [0.25, 0.3) is 11.1 Å². The maximum absolute atomic E-state index is 12.6. The molecule has 7 nitrogen and oxygen atoms in total. The topological polar surface area (TPSA) is 105 Å². The molecule has 1 fully saturated rings. The van der Waals surface area contributed by atoms with Crippen LogP contribution in [0.15, 0.2) is 48.5 Å². The first-order valence-electron chi connectivity index (χ1n) is 11.9. The highest BCUT2D eigenvalue weighted by atomic mass is 16.5. The molecule has 2 unspecified atom stereocenters. The SMILES string of the molecule is CC(C)(CNC(=O)CC1CCCC1NC(=O)OCC1c2ccccc2-c2ccccc21)C(=O)O. The third-order valence-corrected chi connectivity index (χ3v) is 7.06. The van der Waals surface area contributed by atoms with Gasteiger partial charge in [0.2, 0.25) is 5.91 Å². The van der Waals surface area contributed by atoms with E-state index in [4.69, 9.17) is 4.74 Å². The van der Waals surface area contributed by atoms with Crippen LogP contribution in [0.3, 0.4) is 0 Å². The molecule has 0 spiro atoms. The zero-order valence-corrected chi connectivity index (χ0v) is 19.7. The molecule has 7 heteroatoms. The average Bonchev–Trinajstić information content (AvgIpc) is 3.38. The molecule has 2 atom stereocenters. The average molecular weight is 465 g/mol. The van der Waals surface area contributed by atoms with E-state index in [9.17, 15) is 19.5 Å². The molecular formula is C27H32N2O5. The fourth-order valence-electron chi connectivity index (χ4n) is 4.97. The molecule has 0 aromatic heterocycles. The quantitative estimate of drug-likeness (QED) is 0.540. The molecule has 2 aliphatic carbocycles. The maximum atomic E-state index is 12.6. The number of benzene rings is 2. The second-order valence-corrected chi connectivity index (χ2v) is 9.94. The zero-order valence-electron chi connectivity index (χ0n) is 19.7. The summed E-state index contributed by atoms with van der Waals surface area (Å²) in [5, 5.41) is 14.9. The Morgan fingerprint density at radius 3 is 2.24 bits per heavy atom. The molecule has 4 rings (SSSR count). The van der Waals surface area contributed by atoms with Crippen LogP contribution in [0, 0.1) is 11.3 Å². The molecule has 34 heavy (non-hydrogen) atoms. The van der Waals surface area contributed by atoms with Crippen LogP contribution in [0.1, 0.15) is 56.6 Å². The third kappa shape index (κ3) is 5.08. The molecule has 0 radical (unpaired) electrons. The molecule has 0 saturated heterocycles. The van der Waals surface area contributed by atoms with Crippen molar-refractivity contribution in [2.75, 3.05) is 13.2 Å². The van der Waals surface area contributed by atoms with E-state index in [1.807, 2.05) is 24.3 Å². The molecule has 2 aliphatic rings. The highest BCUT2D eigenvalue weighted by Gasteiger charge is 2.33. The number of carboxylic acid groups (broad SMARTS) is 1. The van der Waals surface area contributed by atoms with Crippen LogP contribution >= 0.6 is 0 Å². The van der Waals surface area contributed by atoms with Crippen molar-refractivity contribution in [2.24, 2.45) is 11.3 Å². The third-order valence-electron chi connectivity index (χ3n) is 7.06. The largest absolute Gasteiger partial charge is 0.481 e. The summed E-state index contributed by atoms with van der Waals surface area (Å²) >= 11 is 0. The summed E-state index contributed by atoms with van der Waals surface area (Å²) in [5.41, 5.74) is 3.66. The molecule has 1 saturated carbocycles. The van der Waals surface area contributed by atoms with Gasteiger partial charge >= 0.3 is 12.1 Å². The Balaban J connectivity index is 1.30. The fraction of sp³-hybridized carbons (Fsp3) is 0.444. The van der Waals surface area contributed by atoms with Crippen LogP contribution in [0.4, 0.5) is 4.79 Å². The van der Waals surface area contributed by atoms with Crippen molar-refractivity contribution in [3.63, 3.8) is 0 Å². The first-order chi connectivity index (χ1) is 16.3. The molecule has 0 aliphatic heterocycles. The predicted octanol–water partition coefficient (Wildman–Crippen LogP) is 4.31. The van der Waals surface area contributed by atoms with Crippen LogP contribution in [0.2, 0.25) is 0 Å². The van der Waals surface area contributed by atoms with Gasteiger partial charge in [-0.25, -0.2) is 4.79 Å². The lowest BCUT2D eigenvalue weighted by Crippen LogP contribution is -2.42. The van der Waals surface area contributed by atoms with Gasteiger partial charge in [0.15, 0.2) is 0 Å². The molecule has 2 aromatic rings. The second-order valence-electron chi connectivity index (χ2n) is 9.94. The van der Waals surface area contributed by atoms with Crippen molar-refractivity contribution < 1.29 is 24.2 Å². The van der Waals surface area contributed by atoms with E-state index in [-0.39, 0.29) is 43.4 Å². The van der Waals surface area contributed by atoms with E-state index in [0.29, 0.717) is 0 Å². The molecule has 2 amide bonds. The van der Waals surface area contributed by atoms with Crippen LogP contribution in [0.5, 0.6) is 0 Å². The number of hydrogen-bond donors (Lipinski definition) is 3. The second kappa shape index (κ2) is 9.87.